The average Bonchev–Trinajstić information content (AvgIpc) is 2.94. The van der Waals surface area contributed by atoms with Gasteiger partial charge >= 0.3 is 0 Å². The summed E-state index contributed by atoms with van der Waals surface area (Å²) in [7, 11) is 0. The normalized spacial score (nSPS) is 18.3. The van der Waals surface area contributed by atoms with Crippen LogP contribution >= 0.6 is 27.3 Å². The lowest BCUT2D eigenvalue weighted by Crippen LogP contribution is -2.18. The number of hydrogen-bond acceptors (Lipinski definition) is 2. The smallest absolute Gasteiger partial charge is 0.0329 e. The molecule has 1 nitrogen and oxygen atoms in total. The van der Waals surface area contributed by atoms with E-state index in [0.717, 1.165) is 6.54 Å². The number of hydrogen-bond donors (Lipinski definition) is 1. The van der Waals surface area contributed by atoms with E-state index < -0.39 is 0 Å². The minimum Gasteiger partial charge on any atom is -0.306 e. The van der Waals surface area contributed by atoms with E-state index in [2.05, 4.69) is 56.3 Å². The molecule has 2 aromatic rings. The average molecular weight is 308 g/mol. The van der Waals surface area contributed by atoms with Crippen molar-refractivity contribution >= 4 is 27.3 Å². The highest BCUT2D eigenvalue weighted by molar-refractivity contribution is 9.10. The molecule has 1 aromatic heterocycles. The van der Waals surface area contributed by atoms with E-state index in [-0.39, 0.29) is 0 Å². The van der Waals surface area contributed by atoms with Crippen LogP contribution in [0, 0.1) is 0 Å². The fourth-order valence-electron chi connectivity index (χ4n) is 2.43. The Morgan fingerprint density at radius 2 is 2.29 bits per heavy atom. The number of fused-ring (bicyclic) bond motifs is 1. The van der Waals surface area contributed by atoms with Crippen molar-refractivity contribution in [2.45, 2.75) is 25.4 Å². The van der Waals surface area contributed by atoms with Crippen molar-refractivity contribution < 1.29 is 0 Å². The standard InChI is InChI=1S/C14H14BrNS/c15-12-2-3-13-11(7-12)1-4-14(13)16-8-10-5-6-17-9-10/h2-3,5-7,9,14,16H,1,4,8H2. The summed E-state index contributed by atoms with van der Waals surface area (Å²) < 4.78 is 1.19. The highest BCUT2D eigenvalue weighted by Crippen LogP contribution is 2.33. The van der Waals surface area contributed by atoms with Gasteiger partial charge in [-0.25, -0.2) is 0 Å². The lowest BCUT2D eigenvalue weighted by atomic mass is 10.1. The van der Waals surface area contributed by atoms with Crippen molar-refractivity contribution in [3.63, 3.8) is 0 Å². The van der Waals surface area contributed by atoms with E-state index >= 15 is 0 Å². The monoisotopic (exact) mass is 307 g/mol. The van der Waals surface area contributed by atoms with Crippen molar-refractivity contribution in [2.75, 3.05) is 0 Å². The summed E-state index contributed by atoms with van der Waals surface area (Å²) in [6, 6.07) is 9.36. The molecule has 0 fully saturated rings. The Labute approximate surface area is 114 Å². The molecule has 0 spiro atoms. The Bertz CT molecular complexity index is 507. The highest BCUT2D eigenvalue weighted by atomic mass is 79.9. The van der Waals surface area contributed by atoms with Gasteiger partial charge in [0.05, 0.1) is 0 Å². The van der Waals surface area contributed by atoms with Gasteiger partial charge in [-0.05, 0) is 58.5 Å². The Morgan fingerprint density at radius 3 is 3.12 bits per heavy atom. The Hall–Kier alpha value is -0.640. The molecular formula is C14H14BrNS. The first-order valence-corrected chi connectivity index (χ1v) is 7.59. The first-order chi connectivity index (χ1) is 8.33. The minimum atomic E-state index is 0.526. The molecule has 1 atom stereocenters. The predicted octanol–water partition coefficient (Wildman–Crippen LogP) is 4.29. The molecule has 1 heterocycles. The zero-order valence-electron chi connectivity index (χ0n) is 9.45. The van der Waals surface area contributed by atoms with Crippen LogP contribution in [-0.2, 0) is 13.0 Å². The van der Waals surface area contributed by atoms with Gasteiger partial charge in [0.2, 0.25) is 0 Å². The zero-order chi connectivity index (χ0) is 11.7. The number of thiophene rings is 1. The van der Waals surface area contributed by atoms with Gasteiger partial charge in [0, 0.05) is 17.1 Å². The summed E-state index contributed by atoms with van der Waals surface area (Å²) in [6.07, 6.45) is 2.41. The number of benzene rings is 1. The molecule has 88 valence electrons. The second kappa shape index (κ2) is 4.92. The molecule has 0 bridgehead atoms. The summed E-state index contributed by atoms with van der Waals surface area (Å²) in [5.41, 5.74) is 4.35. The van der Waals surface area contributed by atoms with Crippen LogP contribution in [0.15, 0.2) is 39.5 Å². The second-order valence-electron chi connectivity index (χ2n) is 4.45. The van der Waals surface area contributed by atoms with E-state index in [4.69, 9.17) is 0 Å². The van der Waals surface area contributed by atoms with Crippen molar-refractivity contribution in [2.24, 2.45) is 0 Å². The largest absolute Gasteiger partial charge is 0.306 e. The maximum atomic E-state index is 3.65. The maximum absolute atomic E-state index is 3.65. The second-order valence-corrected chi connectivity index (χ2v) is 6.14. The molecule has 0 amide bonds. The fourth-order valence-corrected chi connectivity index (χ4v) is 3.51. The van der Waals surface area contributed by atoms with Crippen LogP contribution in [0.2, 0.25) is 0 Å². The third kappa shape index (κ3) is 2.46. The molecular weight excluding hydrogens is 294 g/mol. The summed E-state index contributed by atoms with van der Waals surface area (Å²) in [5, 5.41) is 8.00. The summed E-state index contributed by atoms with van der Waals surface area (Å²) in [4.78, 5) is 0. The van der Waals surface area contributed by atoms with Crippen molar-refractivity contribution in [3.05, 3.63) is 56.2 Å². The van der Waals surface area contributed by atoms with E-state index in [1.807, 2.05) is 0 Å². The first-order valence-electron chi connectivity index (χ1n) is 5.86. The molecule has 1 N–H and O–H groups in total. The lowest BCUT2D eigenvalue weighted by molar-refractivity contribution is 0.531. The molecule has 3 heteroatoms. The molecule has 0 aliphatic heterocycles. The number of halogens is 1. The third-order valence-electron chi connectivity index (χ3n) is 3.32. The van der Waals surface area contributed by atoms with Crippen LogP contribution in [0.3, 0.4) is 0 Å². The van der Waals surface area contributed by atoms with Gasteiger partial charge in [-0.2, -0.15) is 11.3 Å². The molecule has 0 saturated heterocycles. The number of nitrogens with one attached hydrogen (secondary N) is 1. The van der Waals surface area contributed by atoms with Crippen LogP contribution in [0.5, 0.6) is 0 Å². The Balaban J connectivity index is 1.71. The van der Waals surface area contributed by atoms with E-state index in [9.17, 15) is 0 Å². The third-order valence-corrected chi connectivity index (χ3v) is 4.54. The van der Waals surface area contributed by atoms with Gasteiger partial charge in [0.1, 0.15) is 0 Å². The van der Waals surface area contributed by atoms with Gasteiger partial charge in [-0.1, -0.05) is 22.0 Å². The Morgan fingerprint density at radius 1 is 1.35 bits per heavy atom. The lowest BCUT2D eigenvalue weighted by Gasteiger charge is -2.13. The van der Waals surface area contributed by atoms with Crippen LogP contribution < -0.4 is 5.32 Å². The first kappa shape index (κ1) is 11.5. The molecule has 3 rings (SSSR count). The van der Waals surface area contributed by atoms with Crippen molar-refractivity contribution in [1.29, 1.82) is 0 Å². The molecule has 1 aromatic carbocycles. The maximum Gasteiger partial charge on any atom is 0.0329 e. The van der Waals surface area contributed by atoms with Crippen LogP contribution in [0.4, 0.5) is 0 Å². The van der Waals surface area contributed by atoms with Crippen molar-refractivity contribution in [1.82, 2.24) is 5.32 Å². The fraction of sp³-hybridized carbons (Fsp3) is 0.286. The van der Waals surface area contributed by atoms with Crippen LogP contribution in [0.1, 0.15) is 29.2 Å². The summed E-state index contributed by atoms with van der Waals surface area (Å²) in [5.74, 6) is 0. The predicted molar refractivity (Wildman–Crippen MR) is 76.4 cm³/mol. The van der Waals surface area contributed by atoms with Gasteiger partial charge in [-0.15, -0.1) is 0 Å². The SMILES string of the molecule is Brc1ccc2c(c1)CCC2NCc1ccsc1. The topological polar surface area (TPSA) is 12.0 Å². The van der Waals surface area contributed by atoms with Gasteiger partial charge < -0.3 is 5.32 Å². The van der Waals surface area contributed by atoms with Gasteiger partial charge in [-0.3, -0.25) is 0 Å². The van der Waals surface area contributed by atoms with E-state index in [1.165, 1.54) is 34.0 Å². The zero-order valence-corrected chi connectivity index (χ0v) is 11.9. The number of rotatable bonds is 3. The summed E-state index contributed by atoms with van der Waals surface area (Å²) in [6.45, 7) is 0.976. The summed E-state index contributed by atoms with van der Waals surface area (Å²) >= 11 is 5.30. The van der Waals surface area contributed by atoms with E-state index in [1.54, 1.807) is 11.3 Å². The van der Waals surface area contributed by atoms with Gasteiger partial charge in [0.25, 0.3) is 0 Å². The quantitative estimate of drug-likeness (QED) is 0.892. The molecule has 0 saturated carbocycles. The highest BCUT2D eigenvalue weighted by Gasteiger charge is 2.21. The Kier molecular flexibility index (Phi) is 3.32. The molecule has 1 aliphatic rings. The molecule has 17 heavy (non-hydrogen) atoms. The van der Waals surface area contributed by atoms with Crippen LogP contribution in [0.25, 0.3) is 0 Å². The molecule has 1 unspecified atom stereocenters. The van der Waals surface area contributed by atoms with Gasteiger partial charge in [0.15, 0.2) is 0 Å². The molecule has 1 aliphatic carbocycles. The van der Waals surface area contributed by atoms with E-state index in [0.29, 0.717) is 6.04 Å². The minimum absolute atomic E-state index is 0.526. The van der Waals surface area contributed by atoms with Crippen molar-refractivity contribution in [3.8, 4) is 0 Å². The number of aryl methyl sites for hydroxylation is 1. The van der Waals surface area contributed by atoms with Crippen LogP contribution in [-0.4, -0.2) is 0 Å². The molecule has 0 radical (unpaired) electrons.